The molecule has 0 aromatic rings. The van der Waals surface area contributed by atoms with Crippen molar-refractivity contribution >= 4 is 0 Å². The zero-order chi connectivity index (χ0) is 10.6. The Kier molecular flexibility index (Phi) is 11.1. The van der Waals surface area contributed by atoms with E-state index < -0.39 is 0 Å². The Morgan fingerprint density at radius 3 is 1.43 bits per heavy atom. The second kappa shape index (κ2) is 11.1. The van der Waals surface area contributed by atoms with Crippen molar-refractivity contribution in [3.8, 4) is 0 Å². The summed E-state index contributed by atoms with van der Waals surface area (Å²) in [6, 6.07) is 0. The summed E-state index contributed by atoms with van der Waals surface area (Å²) in [6.07, 6.45) is 14.4. The van der Waals surface area contributed by atoms with Crippen LogP contribution in [0.2, 0.25) is 0 Å². The van der Waals surface area contributed by atoms with E-state index in [0.717, 1.165) is 5.92 Å². The second-order valence-corrected chi connectivity index (χ2v) is 4.65. The van der Waals surface area contributed by atoms with Gasteiger partial charge in [-0.05, 0) is 5.92 Å². The van der Waals surface area contributed by atoms with E-state index in [1.807, 2.05) is 0 Å². The van der Waals surface area contributed by atoms with Gasteiger partial charge in [-0.1, -0.05) is 85.0 Å². The van der Waals surface area contributed by atoms with Crippen molar-refractivity contribution in [2.45, 2.75) is 85.0 Å². The smallest absolute Gasteiger partial charge is 0.0414 e. The first-order valence-corrected chi connectivity index (χ1v) is 6.85. The maximum Gasteiger partial charge on any atom is -0.0414 e. The molecule has 0 nitrogen and oxygen atoms in total. The van der Waals surface area contributed by atoms with Gasteiger partial charge in [-0.2, -0.15) is 0 Å². The van der Waals surface area contributed by atoms with Crippen LogP contribution in [-0.2, 0) is 0 Å². The van der Waals surface area contributed by atoms with Gasteiger partial charge in [-0.15, -0.1) is 0 Å². The van der Waals surface area contributed by atoms with Gasteiger partial charge in [0, 0.05) is 0 Å². The maximum absolute atomic E-state index is 2.33. The second-order valence-electron chi connectivity index (χ2n) is 4.65. The van der Waals surface area contributed by atoms with Crippen LogP contribution in [0, 0.1) is 5.92 Å². The van der Waals surface area contributed by atoms with E-state index in [9.17, 15) is 0 Å². The lowest BCUT2D eigenvalue weighted by Gasteiger charge is -2.15. The van der Waals surface area contributed by atoms with E-state index in [1.165, 1.54) is 64.2 Å². The van der Waals surface area contributed by atoms with Gasteiger partial charge in [0.25, 0.3) is 0 Å². The molecular weight excluding hydrogens is 168 g/mol. The van der Waals surface area contributed by atoms with E-state index in [4.69, 9.17) is 0 Å². The molecule has 0 aliphatic carbocycles. The molecule has 0 unspecified atom stereocenters. The lowest BCUT2D eigenvalue weighted by atomic mass is 9.91. The quantitative estimate of drug-likeness (QED) is 0.403. The first-order chi connectivity index (χ1) is 6.85. The topological polar surface area (TPSA) is 0 Å². The van der Waals surface area contributed by atoms with Gasteiger partial charge in [0.15, 0.2) is 0 Å². The molecule has 86 valence electrons. The Hall–Kier alpha value is 0. The maximum atomic E-state index is 2.33. The summed E-state index contributed by atoms with van der Waals surface area (Å²) in [4.78, 5) is 0. The van der Waals surface area contributed by atoms with Gasteiger partial charge in [-0.3, -0.25) is 0 Å². The Labute approximate surface area is 91.5 Å². The van der Waals surface area contributed by atoms with Crippen molar-refractivity contribution in [1.29, 1.82) is 0 Å². The Balaban J connectivity index is 3.44. The Bertz CT molecular complexity index is 86.2. The van der Waals surface area contributed by atoms with E-state index in [2.05, 4.69) is 20.8 Å². The fourth-order valence-corrected chi connectivity index (χ4v) is 2.21. The van der Waals surface area contributed by atoms with Crippen molar-refractivity contribution < 1.29 is 0 Å². The highest BCUT2D eigenvalue weighted by Crippen LogP contribution is 2.21. The molecule has 0 aliphatic heterocycles. The minimum atomic E-state index is 1.04. The van der Waals surface area contributed by atoms with Crippen LogP contribution < -0.4 is 0 Å². The summed E-state index contributed by atoms with van der Waals surface area (Å²) in [5.41, 5.74) is 0. The minimum absolute atomic E-state index is 1.04. The third-order valence-corrected chi connectivity index (χ3v) is 3.13. The highest BCUT2D eigenvalue weighted by molar-refractivity contribution is 4.59. The number of unbranched alkanes of at least 4 members (excludes halogenated alkanes) is 4. The van der Waals surface area contributed by atoms with E-state index in [-0.39, 0.29) is 0 Å². The predicted molar refractivity (Wildman–Crippen MR) is 66.7 cm³/mol. The largest absolute Gasteiger partial charge is 0.0654 e. The molecule has 0 saturated carbocycles. The molecule has 0 aromatic heterocycles. The van der Waals surface area contributed by atoms with E-state index in [1.54, 1.807) is 0 Å². The van der Waals surface area contributed by atoms with Crippen LogP contribution >= 0.6 is 0 Å². The number of hydrogen-bond donors (Lipinski definition) is 0. The van der Waals surface area contributed by atoms with Gasteiger partial charge in [0.05, 0.1) is 0 Å². The van der Waals surface area contributed by atoms with Crippen LogP contribution in [0.15, 0.2) is 0 Å². The molecule has 0 heterocycles. The van der Waals surface area contributed by atoms with Crippen LogP contribution in [0.1, 0.15) is 85.0 Å². The van der Waals surface area contributed by atoms with Crippen molar-refractivity contribution in [2.75, 3.05) is 0 Å². The van der Waals surface area contributed by atoms with Gasteiger partial charge in [-0.25, -0.2) is 0 Å². The SMILES string of the molecule is CCCCCC(CCC)CCCCC. The van der Waals surface area contributed by atoms with Crippen LogP contribution in [0.4, 0.5) is 0 Å². The molecule has 14 heavy (non-hydrogen) atoms. The lowest BCUT2D eigenvalue weighted by Crippen LogP contribution is -2.00. The third kappa shape index (κ3) is 8.59. The normalized spacial score (nSPS) is 11.1. The molecule has 0 aliphatic rings. The first kappa shape index (κ1) is 14.0. The van der Waals surface area contributed by atoms with E-state index >= 15 is 0 Å². The summed E-state index contributed by atoms with van der Waals surface area (Å²) in [7, 11) is 0. The molecule has 0 aromatic carbocycles. The third-order valence-electron chi connectivity index (χ3n) is 3.13. The molecule has 0 N–H and O–H groups in total. The van der Waals surface area contributed by atoms with Gasteiger partial charge in [0.1, 0.15) is 0 Å². The minimum Gasteiger partial charge on any atom is -0.0654 e. The molecule has 0 fully saturated rings. The van der Waals surface area contributed by atoms with Crippen molar-refractivity contribution in [2.24, 2.45) is 5.92 Å². The van der Waals surface area contributed by atoms with Gasteiger partial charge < -0.3 is 0 Å². The summed E-state index contributed by atoms with van der Waals surface area (Å²) in [5.74, 6) is 1.04. The molecule has 0 bridgehead atoms. The average Bonchev–Trinajstić information content (AvgIpc) is 2.18. The van der Waals surface area contributed by atoms with Crippen LogP contribution in [0.3, 0.4) is 0 Å². The number of hydrogen-bond acceptors (Lipinski definition) is 0. The highest BCUT2D eigenvalue weighted by atomic mass is 14.1. The zero-order valence-corrected chi connectivity index (χ0v) is 10.6. The first-order valence-electron chi connectivity index (χ1n) is 6.85. The van der Waals surface area contributed by atoms with Crippen LogP contribution in [-0.4, -0.2) is 0 Å². The van der Waals surface area contributed by atoms with E-state index in [0.29, 0.717) is 0 Å². The van der Waals surface area contributed by atoms with Crippen molar-refractivity contribution in [1.82, 2.24) is 0 Å². The van der Waals surface area contributed by atoms with Gasteiger partial charge >= 0.3 is 0 Å². The van der Waals surface area contributed by atoms with Crippen LogP contribution in [0.25, 0.3) is 0 Å². The summed E-state index contributed by atoms with van der Waals surface area (Å²) in [6.45, 7) is 6.92. The van der Waals surface area contributed by atoms with Crippen molar-refractivity contribution in [3.63, 3.8) is 0 Å². The molecule has 0 saturated heterocycles. The highest BCUT2D eigenvalue weighted by Gasteiger charge is 2.06. The average molecular weight is 198 g/mol. The fourth-order valence-electron chi connectivity index (χ4n) is 2.21. The van der Waals surface area contributed by atoms with Crippen LogP contribution in [0.5, 0.6) is 0 Å². The molecule has 0 rings (SSSR count). The predicted octanol–water partition coefficient (Wildman–Crippen LogP) is 5.56. The Morgan fingerprint density at radius 1 is 0.571 bits per heavy atom. The lowest BCUT2D eigenvalue weighted by molar-refractivity contribution is 0.383. The standard InChI is InChI=1S/C14H30/c1-4-7-9-12-14(11-6-3)13-10-8-5-2/h14H,4-13H2,1-3H3. The van der Waals surface area contributed by atoms with Crippen molar-refractivity contribution in [3.05, 3.63) is 0 Å². The molecule has 0 atom stereocenters. The zero-order valence-electron chi connectivity index (χ0n) is 10.6. The Morgan fingerprint density at radius 2 is 1.07 bits per heavy atom. The molecular formula is C14H30. The summed E-state index contributed by atoms with van der Waals surface area (Å²) in [5, 5.41) is 0. The molecule has 0 amide bonds. The molecule has 0 heteroatoms. The van der Waals surface area contributed by atoms with Gasteiger partial charge in [0.2, 0.25) is 0 Å². The summed E-state index contributed by atoms with van der Waals surface area (Å²) >= 11 is 0. The monoisotopic (exact) mass is 198 g/mol. The summed E-state index contributed by atoms with van der Waals surface area (Å²) < 4.78 is 0. The molecule has 0 radical (unpaired) electrons. The fraction of sp³-hybridized carbons (Fsp3) is 1.00. The molecule has 0 spiro atoms. The number of rotatable bonds is 10.